The van der Waals surface area contributed by atoms with Crippen molar-refractivity contribution in [2.24, 2.45) is 11.8 Å². The molecule has 1 atom stereocenters. The van der Waals surface area contributed by atoms with Gasteiger partial charge in [0.05, 0.1) is 12.5 Å². The van der Waals surface area contributed by atoms with Crippen LogP contribution in [0.15, 0.2) is 18.3 Å². The van der Waals surface area contributed by atoms with Gasteiger partial charge in [-0.05, 0) is 43.7 Å². The Bertz CT molecular complexity index is 696. The van der Waals surface area contributed by atoms with Crippen LogP contribution in [0.3, 0.4) is 0 Å². The van der Waals surface area contributed by atoms with Crippen molar-refractivity contribution in [3.8, 4) is 5.75 Å². The molecule has 0 bridgehead atoms. The number of carbonyl (C=O) groups is 2. The summed E-state index contributed by atoms with van der Waals surface area (Å²) in [6.45, 7) is 1.20. The number of hydrogen-bond acceptors (Lipinski definition) is 4. The zero-order chi connectivity index (χ0) is 19.3. The van der Waals surface area contributed by atoms with Crippen molar-refractivity contribution in [3.05, 3.63) is 18.3 Å². The van der Waals surface area contributed by atoms with E-state index in [4.69, 9.17) is 4.74 Å². The average molecular weight is 386 g/mol. The molecule has 2 saturated carbocycles. The Morgan fingerprint density at radius 2 is 1.89 bits per heavy atom. The van der Waals surface area contributed by atoms with Crippen molar-refractivity contribution in [1.29, 1.82) is 0 Å². The van der Waals surface area contributed by atoms with Gasteiger partial charge in [-0.3, -0.25) is 9.59 Å². The first-order chi connectivity index (χ1) is 13.7. The van der Waals surface area contributed by atoms with Crippen LogP contribution in [0, 0.1) is 11.8 Å². The second-order valence-electron chi connectivity index (χ2n) is 8.54. The van der Waals surface area contributed by atoms with E-state index in [0.717, 1.165) is 12.8 Å². The summed E-state index contributed by atoms with van der Waals surface area (Å²) in [6, 6.07) is 4.01. The predicted octanol–water partition coefficient (Wildman–Crippen LogP) is 3.77. The van der Waals surface area contributed by atoms with Gasteiger partial charge in [0.1, 0.15) is 0 Å². The van der Waals surface area contributed by atoms with E-state index >= 15 is 0 Å². The summed E-state index contributed by atoms with van der Waals surface area (Å²) in [5.41, 5.74) is 0. The van der Waals surface area contributed by atoms with Crippen molar-refractivity contribution < 1.29 is 14.3 Å². The van der Waals surface area contributed by atoms with Crippen molar-refractivity contribution >= 4 is 17.6 Å². The van der Waals surface area contributed by atoms with Crippen LogP contribution in [-0.4, -0.2) is 40.9 Å². The van der Waals surface area contributed by atoms with Crippen molar-refractivity contribution in [1.82, 2.24) is 9.88 Å². The first-order valence-electron chi connectivity index (χ1n) is 10.9. The highest BCUT2D eigenvalue weighted by atomic mass is 16.5. The van der Waals surface area contributed by atoms with Gasteiger partial charge in [0.2, 0.25) is 11.8 Å². The summed E-state index contributed by atoms with van der Waals surface area (Å²) in [6.07, 6.45) is 12.8. The molecule has 1 aliphatic heterocycles. The SMILES string of the molecule is O=C(Nc1ncccc1OCC1CCCCC1)C1CC(=O)N(C2CCCC2)C1. The number of nitrogens with one attached hydrogen (secondary N) is 1. The molecular weight excluding hydrogens is 354 g/mol. The van der Waals surface area contributed by atoms with E-state index in [0.29, 0.717) is 43.1 Å². The smallest absolute Gasteiger partial charge is 0.231 e. The number of hydrogen-bond donors (Lipinski definition) is 1. The average Bonchev–Trinajstić information content (AvgIpc) is 3.37. The first-order valence-corrected chi connectivity index (χ1v) is 10.9. The van der Waals surface area contributed by atoms with Crippen LogP contribution in [0.5, 0.6) is 5.75 Å². The fourth-order valence-corrected chi connectivity index (χ4v) is 4.86. The monoisotopic (exact) mass is 385 g/mol. The number of likely N-dealkylation sites (tertiary alicyclic amines) is 1. The summed E-state index contributed by atoms with van der Waals surface area (Å²) >= 11 is 0. The molecule has 0 spiro atoms. The Hall–Kier alpha value is -2.11. The molecule has 2 aliphatic carbocycles. The lowest BCUT2D eigenvalue weighted by atomic mass is 9.90. The number of anilines is 1. The predicted molar refractivity (Wildman–Crippen MR) is 107 cm³/mol. The zero-order valence-corrected chi connectivity index (χ0v) is 16.6. The van der Waals surface area contributed by atoms with Gasteiger partial charge in [0.25, 0.3) is 0 Å². The minimum Gasteiger partial charge on any atom is -0.489 e. The van der Waals surface area contributed by atoms with Gasteiger partial charge in [-0.25, -0.2) is 4.98 Å². The van der Waals surface area contributed by atoms with Gasteiger partial charge in [0.15, 0.2) is 11.6 Å². The molecular formula is C22H31N3O3. The van der Waals surface area contributed by atoms with E-state index in [2.05, 4.69) is 10.3 Å². The van der Waals surface area contributed by atoms with Gasteiger partial charge in [-0.15, -0.1) is 0 Å². The Morgan fingerprint density at radius 1 is 1.14 bits per heavy atom. The minimum absolute atomic E-state index is 0.113. The van der Waals surface area contributed by atoms with Crippen LogP contribution in [-0.2, 0) is 9.59 Å². The standard InChI is InChI=1S/C22H31N3O3/c26-20-13-17(14-25(20)18-9-4-5-10-18)22(27)24-21-19(11-6-12-23-21)28-15-16-7-2-1-3-8-16/h6,11-12,16-18H,1-5,7-10,13-15H2,(H,23,24,27). The molecule has 6 nitrogen and oxygen atoms in total. The number of carbonyl (C=O) groups excluding carboxylic acids is 2. The van der Waals surface area contributed by atoms with E-state index in [1.54, 1.807) is 6.20 Å². The summed E-state index contributed by atoms with van der Waals surface area (Å²) in [5.74, 6) is 1.36. The molecule has 1 saturated heterocycles. The molecule has 3 aliphatic rings. The summed E-state index contributed by atoms with van der Waals surface area (Å²) < 4.78 is 6.01. The number of nitrogens with zero attached hydrogens (tertiary/aromatic N) is 2. The molecule has 28 heavy (non-hydrogen) atoms. The molecule has 6 heteroatoms. The molecule has 3 fully saturated rings. The van der Waals surface area contributed by atoms with Crippen LogP contribution in [0.1, 0.15) is 64.2 Å². The fourth-order valence-electron chi connectivity index (χ4n) is 4.86. The van der Waals surface area contributed by atoms with Crippen molar-refractivity contribution in [2.75, 3.05) is 18.5 Å². The molecule has 1 aromatic rings. The Kier molecular flexibility index (Phi) is 6.13. The Balaban J connectivity index is 1.34. The van der Waals surface area contributed by atoms with Crippen molar-refractivity contribution in [2.45, 2.75) is 70.3 Å². The van der Waals surface area contributed by atoms with Gasteiger partial charge >= 0.3 is 0 Å². The molecule has 1 unspecified atom stereocenters. The third-order valence-electron chi connectivity index (χ3n) is 6.51. The van der Waals surface area contributed by atoms with Crippen LogP contribution in [0.4, 0.5) is 5.82 Å². The quantitative estimate of drug-likeness (QED) is 0.809. The van der Waals surface area contributed by atoms with Gasteiger partial charge in [-0.1, -0.05) is 32.1 Å². The van der Waals surface area contributed by atoms with E-state index in [9.17, 15) is 9.59 Å². The van der Waals surface area contributed by atoms with Crippen LogP contribution in [0.25, 0.3) is 0 Å². The third-order valence-corrected chi connectivity index (χ3v) is 6.51. The molecule has 2 heterocycles. The second-order valence-corrected chi connectivity index (χ2v) is 8.54. The van der Waals surface area contributed by atoms with E-state index < -0.39 is 0 Å². The molecule has 2 amide bonds. The van der Waals surface area contributed by atoms with Crippen LogP contribution < -0.4 is 10.1 Å². The number of rotatable bonds is 6. The maximum atomic E-state index is 12.8. The number of pyridine rings is 1. The molecule has 152 valence electrons. The highest BCUT2D eigenvalue weighted by Gasteiger charge is 2.38. The molecule has 1 N–H and O–H groups in total. The summed E-state index contributed by atoms with van der Waals surface area (Å²) in [4.78, 5) is 31.4. The molecule has 0 aromatic carbocycles. The second kappa shape index (κ2) is 8.93. The first kappa shape index (κ1) is 19.2. The maximum absolute atomic E-state index is 12.8. The van der Waals surface area contributed by atoms with Gasteiger partial charge in [0, 0.05) is 25.2 Å². The Morgan fingerprint density at radius 3 is 2.68 bits per heavy atom. The topological polar surface area (TPSA) is 71.5 Å². The minimum atomic E-state index is -0.304. The number of amides is 2. The van der Waals surface area contributed by atoms with Crippen LogP contribution in [0.2, 0.25) is 0 Å². The molecule has 4 rings (SSSR count). The highest BCUT2D eigenvalue weighted by molar-refractivity contribution is 5.97. The normalized spacial score (nSPS) is 23.9. The van der Waals surface area contributed by atoms with E-state index in [1.165, 1.54) is 44.9 Å². The molecule has 1 aromatic heterocycles. The lowest BCUT2D eigenvalue weighted by Gasteiger charge is -2.24. The summed E-state index contributed by atoms with van der Waals surface area (Å²) in [7, 11) is 0. The fraction of sp³-hybridized carbons (Fsp3) is 0.682. The lowest BCUT2D eigenvalue weighted by molar-refractivity contribution is -0.129. The number of ether oxygens (including phenoxy) is 1. The third kappa shape index (κ3) is 4.47. The highest BCUT2D eigenvalue weighted by Crippen LogP contribution is 2.31. The Labute approximate surface area is 167 Å². The zero-order valence-electron chi connectivity index (χ0n) is 16.6. The van der Waals surface area contributed by atoms with Gasteiger partial charge in [-0.2, -0.15) is 0 Å². The van der Waals surface area contributed by atoms with E-state index in [-0.39, 0.29) is 17.7 Å². The maximum Gasteiger partial charge on any atom is 0.231 e. The number of aromatic nitrogens is 1. The van der Waals surface area contributed by atoms with Crippen LogP contribution >= 0.6 is 0 Å². The lowest BCUT2D eigenvalue weighted by Crippen LogP contribution is -2.35. The van der Waals surface area contributed by atoms with E-state index in [1.807, 2.05) is 17.0 Å². The largest absolute Gasteiger partial charge is 0.489 e. The van der Waals surface area contributed by atoms with Gasteiger partial charge < -0.3 is 15.0 Å². The summed E-state index contributed by atoms with van der Waals surface area (Å²) in [5, 5.41) is 2.92. The van der Waals surface area contributed by atoms with Crippen molar-refractivity contribution in [3.63, 3.8) is 0 Å². The molecule has 0 radical (unpaired) electrons.